The van der Waals surface area contributed by atoms with Gasteiger partial charge in [-0.15, -0.1) is 0 Å². The third-order valence-electron chi connectivity index (χ3n) is 3.02. The summed E-state index contributed by atoms with van der Waals surface area (Å²) < 4.78 is 0. The smallest absolute Gasteiger partial charge is 0.0853 e. The Morgan fingerprint density at radius 2 is 1.55 bits per heavy atom. The highest BCUT2D eigenvalue weighted by atomic mass is 16.3. The normalized spacial score (nSPS) is 10.4. The molecule has 0 amide bonds. The SMILES string of the molecule is OCc1ccc(-c2cccnc2)c(-c2cccnc2)n1. The van der Waals surface area contributed by atoms with E-state index in [1.807, 2.05) is 36.4 Å². The second-order valence-electron chi connectivity index (χ2n) is 4.34. The summed E-state index contributed by atoms with van der Waals surface area (Å²) in [5.41, 5.74) is 4.32. The maximum Gasteiger partial charge on any atom is 0.0853 e. The number of nitrogens with zero attached hydrogens (tertiary/aromatic N) is 3. The molecule has 0 saturated carbocycles. The molecule has 3 heterocycles. The van der Waals surface area contributed by atoms with Gasteiger partial charge in [0.05, 0.1) is 18.0 Å². The van der Waals surface area contributed by atoms with Crippen LogP contribution >= 0.6 is 0 Å². The highest BCUT2D eigenvalue weighted by Gasteiger charge is 2.10. The first-order chi connectivity index (χ1) is 9.88. The van der Waals surface area contributed by atoms with E-state index in [9.17, 15) is 5.11 Å². The fraction of sp³-hybridized carbons (Fsp3) is 0.0625. The predicted molar refractivity (Wildman–Crippen MR) is 76.6 cm³/mol. The molecule has 3 rings (SSSR count). The zero-order valence-electron chi connectivity index (χ0n) is 10.8. The van der Waals surface area contributed by atoms with Crippen LogP contribution in [0.1, 0.15) is 5.69 Å². The van der Waals surface area contributed by atoms with Gasteiger partial charge in [-0.1, -0.05) is 12.1 Å². The van der Waals surface area contributed by atoms with Crippen molar-refractivity contribution in [2.75, 3.05) is 0 Å². The van der Waals surface area contributed by atoms with Gasteiger partial charge in [0.25, 0.3) is 0 Å². The number of aliphatic hydroxyl groups excluding tert-OH is 1. The van der Waals surface area contributed by atoms with E-state index in [0.717, 1.165) is 22.4 Å². The Bertz CT molecular complexity index is 699. The molecule has 4 nitrogen and oxygen atoms in total. The standard InChI is InChI=1S/C16H13N3O/c20-11-14-5-6-15(12-3-1-7-17-9-12)16(19-14)13-4-2-8-18-10-13/h1-10,20H,11H2. The summed E-state index contributed by atoms with van der Waals surface area (Å²) >= 11 is 0. The van der Waals surface area contributed by atoms with E-state index in [1.165, 1.54) is 0 Å². The highest BCUT2D eigenvalue weighted by molar-refractivity contribution is 5.80. The van der Waals surface area contributed by atoms with Crippen molar-refractivity contribution in [1.82, 2.24) is 15.0 Å². The molecular formula is C16H13N3O. The lowest BCUT2D eigenvalue weighted by Gasteiger charge is -2.10. The first-order valence-corrected chi connectivity index (χ1v) is 6.30. The molecule has 0 radical (unpaired) electrons. The van der Waals surface area contributed by atoms with Gasteiger partial charge >= 0.3 is 0 Å². The monoisotopic (exact) mass is 263 g/mol. The summed E-state index contributed by atoms with van der Waals surface area (Å²) in [5, 5.41) is 9.28. The van der Waals surface area contributed by atoms with E-state index in [-0.39, 0.29) is 6.61 Å². The van der Waals surface area contributed by atoms with Crippen LogP contribution < -0.4 is 0 Å². The molecule has 0 aliphatic rings. The fourth-order valence-electron chi connectivity index (χ4n) is 2.07. The van der Waals surface area contributed by atoms with Gasteiger partial charge in [-0.2, -0.15) is 0 Å². The zero-order chi connectivity index (χ0) is 13.8. The van der Waals surface area contributed by atoms with Crippen molar-refractivity contribution in [3.05, 3.63) is 66.9 Å². The quantitative estimate of drug-likeness (QED) is 0.789. The van der Waals surface area contributed by atoms with Crippen molar-refractivity contribution in [3.8, 4) is 22.4 Å². The average molecular weight is 263 g/mol. The van der Waals surface area contributed by atoms with Crippen LogP contribution in [0.2, 0.25) is 0 Å². The Balaban J connectivity index is 2.20. The van der Waals surface area contributed by atoms with Crippen LogP contribution in [0.5, 0.6) is 0 Å². The van der Waals surface area contributed by atoms with E-state index in [1.54, 1.807) is 24.8 Å². The number of pyridine rings is 3. The molecule has 3 aromatic heterocycles. The van der Waals surface area contributed by atoms with Crippen molar-refractivity contribution in [1.29, 1.82) is 0 Å². The summed E-state index contributed by atoms with van der Waals surface area (Å²) in [4.78, 5) is 12.8. The molecule has 0 unspecified atom stereocenters. The summed E-state index contributed by atoms with van der Waals surface area (Å²) in [6, 6.07) is 11.5. The molecule has 1 N–H and O–H groups in total. The van der Waals surface area contributed by atoms with E-state index in [0.29, 0.717) is 5.69 Å². The summed E-state index contributed by atoms with van der Waals surface area (Å²) in [7, 11) is 0. The molecular weight excluding hydrogens is 250 g/mol. The van der Waals surface area contributed by atoms with Gasteiger partial charge in [0.15, 0.2) is 0 Å². The van der Waals surface area contributed by atoms with Gasteiger partial charge < -0.3 is 5.11 Å². The molecule has 3 aromatic rings. The van der Waals surface area contributed by atoms with Gasteiger partial charge in [-0.3, -0.25) is 9.97 Å². The minimum atomic E-state index is -0.0828. The Morgan fingerprint density at radius 3 is 2.15 bits per heavy atom. The van der Waals surface area contributed by atoms with Gasteiger partial charge in [-0.05, 0) is 24.3 Å². The Hall–Kier alpha value is -2.59. The Labute approximate surface area is 116 Å². The van der Waals surface area contributed by atoms with Crippen LogP contribution in [0, 0.1) is 0 Å². The predicted octanol–water partition coefficient (Wildman–Crippen LogP) is 2.70. The molecule has 0 bridgehead atoms. The molecule has 20 heavy (non-hydrogen) atoms. The third-order valence-corrected chi connectivity index (χ3v) is 3.02. The van der Waals surface area contributed by atoms with Crippen molar-refractivity contribution >= 4 is 0 Å². The number of hydrogen-bond acceptors (Lipinski definition) is 4. The lowest BCUT2D eigenvalue weighted by atomic mass is 10.0. The zero-order valence-corrected chi connectivity index (χ0v) is 10.8. The second kappa shape index (κ2) is 5.59. The Morgan fingerprint density at radius 1 is 0.850 bits per heavy atom. The Kier molecular flexibility index (Phi) is 3.48. The topological polar surface area (TPSA) is 58.9 Å². The van der Waals surface area contributed by atoms with Crippen molar-refractivity contribution in [2.45, 2.75) is 6.61 Å². The lowest BCUT2D eigenvalue weighted by molar-refractivity contribution is 0.277. The third kappa shape index (κ3) is 2.41. The first kappa shape index (κ1) is 12.4. The van der Waals surface area contributed by atoms with Gasteiger partial charge in [0.1, 0.15) is 0 Å². The van der Waals surface area contributed by atoms with E-state index < -0.39 is 0 Å². The van der Waals surface area contributed by atoms with Crippen molar-refractivity contribution in [3.63, 3.8) is 0 Å². The molecule has 0 aliphatic carbocycles. The second-order valence-corrected chi connectivity index (χ2v) is 4.34. The fourth-order valence-corrected chi connectivity index (χ4v) is 2.07. The van der Waals surface area contributed by atoms with E-state index >= 15 is 0 Å². The van der Waals surface area contributed by atoms with Gasteiger partial charge in [0, 0.05) is 41.5 Å². The molecule has 0 saturated heterocycles. The maximum absolute atomic E-state index is 9.28. The number of aliphatic hydroxyl groups is 1. The van der Waals surface area contributed by atoms with E-state index in [4.69, 9.17) is 0 Å². The largest absolute Gasteiger partial charge is 0.390 e. The minimum absolute atomic E-state index is 0.0828. The van der Waals surface area contributed by atoms with E-state index in [2.05, 4.69) is 15.0 Å². The number of aromatic nitrogens is 3. The van der Waals surface area contributed by atoms with Gasteiger partial charge in [-0.25, -0.2) is 4.98 Å². The summed E-state index contributed by atoms with van der Waals surface area (Å²) in [6.45, 7) is -0.0828. The van der Waals surface area contributed by atoms with Crippen LogP contribution in [0.4, 0.5) is 0 Å². The molecule has 0 atom stereocenters. The molecule has 0 fully saturated rings. The molecule has 0 aliphatic heterocycles. The van der Waals surface area contributed by atoms with Gasteiger partial charge in [0.2, 0.25) is 0 Å². The summed E-state index contributed by atoms with van der Waals surface area (Å²) in [6.07, 6.45) is 7.03. The van der Waals surface area contributed by atoms with Crippen molar-refractivity contribution < 1.29 is 5.11 Å². The van der Waals surface area contributed by atoms with Crippen molar-refractivity contribution in [2.24, 2.45) is 0 Å². The summed E-state index contributed by atoms with van der Waals surface area (Å²) in [5.74, 6) is 0. The number of rotatable bonds is 3. The number of hydrogen-bond donors (Lipinski definition) is 1. The highest BCUT2D eigenvalue weighted by Crippen LogP contribution is 2.29. The molecule has 4 heteroatoms. The van der Waals surface area contributed by atoms with Crippen LogP contribution in [-0.2, 0) is 6.61 Å². The maximum atomic E-state index is 9.28. The van der Waals surface area contributed by atoms with Crippen LogP contribution in [0.25, 0.3) is 22.4 Å². The van der Waals surface area contributed by atoms with Crippen LogP contribution in [-0.4, -0.2) is 20.1 Å². The molecule has 0 aromatic carbocycles. The molecule has 98 valence electrons. The first-order valence-electron chi connectivity index (χ1n) is 6.30. The minimum Gasteiger partial charge on any atom is -0.390 e. The average Bonchev–Trinajstić information content (AvgIpc) is 2.56. The van der Waals surface area contributed by atoms with Crippen LogP contribution in [0.3, 0.4) is 0 Å². The lowest BCUT2D eigenvalue weighted by Crippen LogP contribution is -1.95. The molecule has 0 spiro atoms. The van der Waals surface area contributed by atoms with Crippen LogP contribution in [0.15, 0.2) is 61.2 Å².